The van der Waals surface area contributed by atoms with E-state index in [1.54, 1.807) is 32.0 Å². The van der Waals surface area contributed by atoms with E-state index in [-0.39, 0.29) is 16.8 Å². The van der Waals surface area contributed by atoms with Crippen LogP contribution in [0.1, 0.15) is 29.8 Å². The normalized spacial score (nSPS) is 11.1. The van der Waals surface area contributed by atoms with Crippen LogP contribution in [0.5, 0.6) is 5.88 Å². The van der Waals surface area contributed by atoms with E-state index in [1.165, 1.54) is 25.4 Å². The maximum atomic E-state index is 13.2. The molecule has 1 N–H and O–H groups in total. The zero-order chi connectivity index (χ0) is 16.3. The molecule has 1 heterocycles. The maximum absolute atomic E-state index is 13.2. The first-order chi connectivity index (χ1) is 10.3. The van der Waals surface area contributed by atoms with Crippen LogP contribution in [-0.2, 0) is 5.54 Å². The third-order valence-corrected chi connectivity index (χ3v) is 3.55. The van der Waals surface area contributed by atoms with Crippen LogP contribution >= 0.6 is 11.6 Å². The molecule has 0 fully saturated rings. The molecule has 0 atom stereocenters. The number of amides is 1. The number of hydrogen-bond acceptors (Lipinski definition) is 3. The molecular formula is C16H16ClFN2O2. The van der Waals surface area contributed by atoms with Gasteiger partial charge in [-0.05, 0) is 43.7 Å². The highest BCUT2D eigenvalue weighted by Crippen LogP contribution is 2.29. The van der Waals surface area contributed by atoms with E-state index in [9.17, 15) is 9.18 Å². The van der Waals surface area contributed by atoms with E-state index in [0.717, 1.165) is 0 Å². The average Bonchev–Trinajstić information content (AvgIpc) is 2.46. The number of aromatic nitrogens is 1. The van der Waals surface area contributed by atoms with Crippen molar-refractivity contribution < 1.29 is 13.9 Å². The lowest BCUT2D eigenvalue weighted by Gasteiger charge is -2.28. The van der Waals surface area contributed by atoms with E-state index >= 15 is 0 Å². The summed E-state index contributed by atoms with van der Waals surface area (Å²) in [5.41, 5.74) is 0.144. The van der Waals surface area contributed by atoms with Crippen LogP contribution in [0.15, 0.2) is 36.5 Å². The van der Waals surface area contributed by atoms with Gasteiger partial charge in [0.2, 0.25) is 5.88 Å². The predicted molar refractivity (Wildman–Crippen MR) is 82.7 cm³/mol. The molecule has 0 saturated carbocycles. The summed E-state index contributed by atoms with van der Waals surface area (Å²) in [4.78, 5) is 16.4. The van der Waals surface area contributed by atoms with Gasteiger partial charge in [-0.25, -0.2) is 9.37 Å². The Hall–Kier alpha value is -2.14. The molecule has 0 aliphatic heterocycles. The molecule has 1 amide bonds. The molecular weight excluding hydrogens is 307 g/mol. The van der Waals surface area contributed by atoms with Crippen molar-refractivity contribution in [3.8, 4) is 5.88 Å². The van der Waals surface area contributed by atoms with Gasteiger partial charge in [0.25, 0.3) is 5.91 Å². The summed E-state index contributed by atoms with van der Waals surface area (Å²) >= 11 is 6.07. The molecule has 0 aliphatic rings. The first-order valence-corrected chi connectivity index (χ1v) is 7.00. The Bertz CT molecular complexity index is 704. The third-order valence-electron chi connectivity index (χ3n) is 3.24. The highest BCUT2D eigenvalue weighted by Gasteiger charge is 2.27. The largest absolute Gasteiger partial charge is 0.480 e. The summed E-state index contributed by atoms with van der Waals surface area (Å²) in [5.74, 6) is -0.541. The number of halogens is 2. The molecule has 116 valence electrons. The van der Waals surface area contributed by atoms with Crippen LogP contribution in [0.3, 0.4) is 0 Å². The van der Waals surface area contributed by atoms with Crippen molar-refractivity contribution in [2.24, 2.45) is 0 Å². The predicted octanol–water partition coefficient (Wildman–Crippen LogP) is 3.55. The molecule has 2 rings (SSSR count). The minimum absolute atomic E-state index is 0.237. The molecule has 0 unspecified atom stereocenters. The second-order valence-corrected chi connectivity index (χ2v) is 5.67. The molecule has 0 bridgehead atoms. The van der Waals surface area contributed by atoms with Gasteiger partial charge >= 0.3 is 0 Å². The Morgan fingerprint density at radius 1 is 1.36 bits per heavy atom. The summed E-state index contributed by atoms with van der Waals surface area (Å²) in [5, 5.41) is 3.11. The zero-order valence-corrected chi connectivity index (χ0v) is 13.2. The smallest absolute Gasteiger partial charge is 0.257 e. The van der Waals surface area contributed by atoms with Gasteiger partial charge in [0, 0.05) is 11.2 Å². The van der Waals surface area contributed by atoms with E-state index in [1.807, 2.05) is 0 Å². The van der Waals surface area contributed by atoms with Crippen molar-refractivity contribution >= 4 is 17.5 Å². The van der Waals surface area contributed by atoms with E-state index < -0.39 is 11.4 Å². The van der Waals surface area contributed by atoms with E-state index in [2.05, 4.69) is 10.3 Å². The summed E-state index contributed by atoms with van der Waals surface area (Å²) in [6.45, 7) is 3.57. The van der Waals surface area contributed by atoms with Crippen molar-refractivity contribution in [1.82, 2.24) is 10.3 Å². The Morgan fingerprint density at radius 3 is 2.73 bits per heavy atom. The van der Waals surface area contributed by atoms with Crippen LogP contribution in [0.4, 0.5) is 4.39 Å². The number of pyridine rings is 1. The molecule has 6 heteroatoms. The summed E-state index contributed by atoms with van der Waals surface area (Å²) in [7, 11) is 1.45. The van der Waals surface area contributed by atoms with Gasteiger partial charge in [0.1, 0.15) is 11.4 Å². The van der Waals surface area contributed by atoms with Crippen molar-refractivity contribution in [3.05, 3.63) is 58.5 Å². The molecule has 1 aromatic heterocycles. The van der Waals surface area contributed by atoms with Gasteiger partial charge in [-0.15, -0.1) is 0 Å². The molecule has 4 nitrogen and oxygen atoms in total. The highest BCUT2D eigenvalue weighted by atomic mass is 35.5. The lowest BCUT2D eigenvalue weighted by molar-refractivity contribution is 0.0908. The van der Waals surface area contributed by atoms with Gasteiger partial charge in [-0.2, -0.15) is 0 Å². The van der Waals surface area contributed by atoms with Crippen LogP contribution in [0, 0.1) is 5.82 Å². The van der Waals surface area contributed by atoms with Crippen molar-refractivity contribution in [3.63, 3.8) is 0 Å². The van der Waals surface area contributed by atoms with Crippen molar-refractivity contribution in [2.75, 3.05) is 7.11 Å². The lowest BCUT2D eigenvalue weighted by Crippen LogP contribution is -2.41. The van der Waals surface area contributed by atoms with Crippen LogP contribution in [-0.4, -0.2) is 18.0 Å². The molecule has 1 aromatic carbocycles. The van der Waals surface area contributed by atoms with Crippen LogP contribution in [0.25, 0.3) is 0 Å². The van der Waals surface area contributed by atoms with Crippen molar-refractivity contribution in [2.45, 2.75) is 19.4 Å². The average molecular weight is 323 g/mol. The summed E-state index contributed by atoms with van der Waals surface area (Å²) in [6, 6.07) is 7.34. The molecule has 0 saturated heterocycles. The lowest BCUT2D eigenvalue weighted by atomic mass is 9.93. The number of methoxy groups -OCH3 is 1. The van der Waals surface area contributed by atoms with Gasteiger partial charge in [-0.1, -0.05) is 17.7 Å². The Morgan fingerprint density at radius 2 is 2.09 bits per heavy atom. The second kappa shape index (κ2) is 6.32. The number of ether oxygens (including phenoxy) is 1. The number of carbonyl (C=O) groups excluding carboxylic acids is 1. The zero-order valence-electron chi connectivity index (χ0n) is 12.5. The van der Waals surface area contributed by atoms with Crippen LogP contribution < -0.4 is 10.1 Å². The topological polar surface area (TPSA) is 51.2 Å². The third kappa shape index (κ3) is 3.36. The Kier molecular flexibility index (Phi) is 4.66. The standard InChI is InChI=1S/C16H16ClFN2O2/c1-16(2,12-7-6-10(18)9-13(12)17)20-14(21)11-5-4-8-19-15(11)22-3/h4-9H,1-3H3,(H,20,21). The molecule has 0 radical (unpaired) electrons. The fraction of sp³-hybridized carbons (Fsp3) is 0.250. The van der Waals surface area contributed by atoms with E-state index in [4.69, 9.17) is 16.3 Å². The van der Waals surface area contributed by atoms with Gasteiger partial charge < -0.3 is 10.1 Å². The minimum atomic E-state index is -0.789. The maximum Gasteiger partial charge on any atom is 0.257 e. The minimum Gasteiger partial charge on any atom is -0.480 e. The Labute approximate surface area is 133 Å². The van der Waals surface area contributed by atoms with Crippen LogP contribution in [0.2, 0.25) is 5.02 Å². The number of nitrogens with one attached hydrogen (secondary N) is 1. The van der Waals surface area contributed by atoms with E-state index in [0.29, 0.717) is 11.1 Å². The number of benzene rings is 1. The van der Waals surface area contributed by atoms with Gasteiger partial charge in [0.15, 0.2) is 0 Å². The summed E-state index contributed by atoms with van der Waals surface area (Å²) < 4.78 is 18.2. The first-order valence-electron chi connectivity index (χ1n) is 6.62. The Balaban J connectivity index is 2.29. The molecule has 0 spiro atoms. The summed E-state index contributed by atoms with van der Waals surface area (Å²) in [6.07, 6.45) is 1.54. The fourth-order valence-corrected chi connectivity index (χ4v) is 2.54. The van der Waals surface area contributed by atoms with Gasteiger partial charge in [0.05, 0.1) is 12.6 Å². The molecule has 22 heavy (non-hydrogen) atoms. The SMILES string of the molecule is COc1ncccc1C(=O)NC(C)(C)c1ccc(F)cc1Cl. The van der Waals surface area contributed by atoms with Crippen molar-refractivity contribution in [1.29, 1.82) is 0 Å². The first kappa shape index (κ1) is 16.2. The second-order valence-electron chi connectivity index (χ2n) is 5.26. The monoisotopic (exact) mass is 322 g/mol. The quantitative estimate of drug-likeness (QED) is 0.936. The fourth-order valence-electron chi connectivity index (χ4n) is 2.14. The molecule has 2 aromatic rings. The highest BCUT2D eigenvalue weighted by molar-refractivity contribution is 6.31. The molecule has 0 aliphatic carbocycles. The number of rotatable bonds is 4. The van der Waals surface area contributed by atoms with Gasteiger partial charge in [-0.3, -0.25) is 4.79 Å². The number of nitrogens with zero attached hydrogens (tertiary/aromatic N) is 1. The number of carbonyl (C=O) groups is 1. The number of hydrogen-bond donors (Lipinski definition) is 1.